The zero-order chi connectivity index (χ0) is 11.7. The molecule has 86 valence electrons. The van der Waals surface area contributed by atoms with Gasteiger partial charge in [0.1, 0.15) is 11.5 Å². The van der Waals surface area contributed by atoms with E-state index in [1.54, 1.807) is 11.3 Å². The summed E-state index contributed by atoms with van der Waals surface area (Å²) in [6.45, 7) is 6.43. The standard InChI is InChI=1S/C12H17N3S/c1-8(2)5-6-10-11(13-4)15-7-9(3)16-12(15)14-10/h5-8,13H,1-4H3/b6-5+. The average molecular weight is 235 g/mol. The molecule has 0 unspecified atom stereocenters. The molecule has 0 amide bonds. The van der Waals surface area contributed by atoms with Crippen LogP contribution in [-0.2, 0) is 0 Å². The maximum absolute atomic E-state index is 4.61. The first kappa shape index (κ1) is 11.2. The van der Waals surface area contributed by atoms with Gasteiger partial charge in [0, 0.05) is 18.1 Å². The first-order chi connectivity index (χ1) is 7.61. The normalized spacial score (nSPS) is 12.1. The number of nitrogens with zero attached hydrogens (tertiary/aromatic N) is 2. The number of aromatic nitrogens is 2. The van der Waals surface area contributed by atoms with E-state index in [0.717, 1.165) is 16.5 Å². The van der Waals surface area contributed by atoms with Gasteiger partial charge in [0.2, 0.25) is 0 Å². The van der Waals surface area contributed by atoms with Crippen LogP contribution in [0.1, 0.15) is 24.4 Å². The molecule has 2 aromatic rings. The third-order valence-corrected chi connectivity index (χ3v) is 3.24. The molecule has 0 atom stereocenters. The van der Waals surface area contributed by atoms with E-state index in [2.05, 4.69) is 53.8 Å². The third-order valence-electron chi connectivity index (χ3n) is 2.34. The van der Waals surface area contributed by atoms with Crippen LogP contribution in [0.15, 0.2) is 12.3 Å². The fraction of sp³-hybridized carbons (Fsp3) is 0.417. The Balaban J connectivity index is 2.49. The number of rotatable bonds is 3. The Morgan fingerprint density at radius 1 is 1.50 bits per heavy atom. The van der Waals surface area contributed by atoms with Crippen LogP contribution in [0.5, 0.6) is 0 Å². The SMILES string of the molecule is CNc1c(/C=C/C(C)C)nc2sc(C)cn12. The molecule has 0 aliphatic carbocycles. The summed E-state index contributed by atoms with van der Waals surface area (Å²) in [5.74, 6) is 1.61. The van der Waals surface area contributed by atoms with Gasteiger partial charge < -0.3 is 5.32 Å². The minimum absolute atomic E-state index is 0.547. The Morgan fingerprint density at radius 3 is 2.88 bits per heavy atom. The van der Waals surface area contributed by atoms with Gasteiger partial charge in [-0.2, -0.15) is 0 Å². The van der Waals surface area contributed by atoms with Crippen molar-refractivity contribution in [2.45, 2.75) is 20.8 Å². The Labute approximate surface area is 99.8 Å². The van der Waals surface area contributed by atoms with Crippen LogP contribution < -0.4 is 5.32 Å². The predicted octanol–water partition coefficient (Wildman–Crippen LogP) is 3.42. The third kappa shape index (κ3) is 1.97. The molecule has 2 aromatic heterocycles. The monoisotopic (exact) mass is 235 g/mol. The fourth-order valence-electron chi connectivity index (χ4n) is 1.62. The van der Waals surface area contributed by atoms with Gasteiger partial charge in [0.05, 0.1) is 0 Å². The molecule has 0 aromatic carbocycles. The van der Waals surface area contributed by atoms with E-state index in [4.69, 9.17) is 0 Å². The molecule has 0 bridgehead atoms. The van der Waals surface area contributed by atoms with Gasteiger partial charge in [-0.05, 0) is 18.9 Å². The maximum atomic E-state index is 4.61. The summed E-state index contributed by atoms with van der Waals surface area (Å²) in [6, 6.07) is 0. The summed E-state index contributed by atoms with van der Waals surface area (Å²) in [7, 11) is 1.93. The molecule has 0 saturated carbocycles. The number of hydrogen-bond acceptors (Lipinski definition) is 3. The molecule has 0 radical (unpaired) electrons. The Bertz CT molecular complexity index is 520. The van der Waals surface area contributed by atoms with Gasteiger partial charge in [-0.3, -0.25) is 4.40 Å². The first-order valence-corrected chi connectivity index (χ1v) is 6.28. The van der Waals surface area contributed by atoms with Gasteiger partial charge in [-0.1, -0.05) is 19.9 Å². The van der Waals surface area contributed by atoms with Gasteiger partial charge in [-0.25, -0.2) is 4.98 Å². The van der Waals surface area contributed by atoms with Gasteiger partial charge in [0.15, 0.2) is 4.96 Å². The summed E-state index contributed by atoms with van der Waals surface area (Å²) in [4.78, 5) is 6.93. The van der Waals surface area contributed by atoms with Crippen LogP contribution in [0.3, 0.4) is 0 Å². The molecule has 2 rings (SSSR count). The highest BCUT2D eigenvalue weighted by Crippen LogP contribution is 2.25. The molecule has 0 aliphatic rings. The lowest BCUT2D eigenvalue weighted by molar-refractivity contribution is 0.836. The van der Waals surface area contributed by atoms with Crippen LogP contribution >= 0.6 is 11.3 Å². The highest BCUT2D eigenvalue weighted by atomic mass is 32.1. The Hall–Kier alpha value is -1.29. The largest absolute Gasteiger partial charge is 0.372 e. The summed E-state index contributed by atoms with van der Waals surface area (Å²) < 4.78 is 2.11. The minimum Gasteiger partial charge on any atom is -0.372 e. The molecule has 4 heteroatoms. The number of allylic oxidation sites excluding steroid dienone is 1. The number of anilines is 1. The van der Waals surface area contributed by atoms with Crippen LogP contribution in [0.25, 0.3) is 11.0 Å². The molecule has 3 nitrogen and oxygen atoms in total. The number of hydrogen-bond donors (Lipinski definition) is 1. The number of nitrogens with one attached hydrogen (secondary N) is 1. The molecule has 0 saturated heterocycles. The van der Waals surface area contributed by atoms with Crippen molar-refractivity contribution in [3.8, 4) is 0 Å². The van der Waals surface area contributed by atoms with E-state index in [9.17, 15) is 0 Å². The molecule has 16 heavy (non-hydrogen) atoms. The number of aryl methyl sites for hydroxylation is 1. The highest BCUT2D eigenvalue weighted by Gasteiger charge is 2.10. The van der Waals surface area contributed by atoms with Crippen LogP contribution in [-0.4, -0.2) is 16.4 Å². The van der Waals surface area contributed by atoms with Gasteiger partial charge >= 0.3 is 0 Å². The van der Waals surface area contributed by atoms with E-state index in [-0.39, 0.29) is 0 Å². The van der Waals surface area contributed by atoms with Crippen molar-refractivity contribution in [3.63, 3.8) is 0 Å². The van der Waals surface area contributed by atoms with E-state index in [1.807, 2.05) is 7.05 Å². The lowest BCUT2D eigenvalue weighted by Gasteiger charge is -1.99. The topological polar surface area (TPSA) is 29.3 Å². The molecule has 0 aliphatic heterocycles. The van der Waals surface area contributed by atoms with Crippen molar-refractivity contribution >= 4 is 28.2 Å². The van der Waals surface area contributed by atoms with E-state index in [0.29, 0.717) is 5.92 Å². The zero-order valence-electron chi connectivity index (χ0n) is 10.1. The molecule has 0 spiro atoms. The van der Waals surface area contributed by atoms with Crippen molar-refractivity contribution in [2.24, 2.45) is 5.92 Å². The smallest absolute Gasteiger partial charge is 0.196 e. The van der Waals surface area contributed by atoms with Crippen molar-refractivity contribution in [1.82, 2.24) is 9.38 Å². The van der Waals surface area contributed by atoms with Crippen LogP contribution in [0.2, 0.25) is 0 Å². The van der Waals surface area contributed by atoms with Crippen molar-refractivity contribution in [3.05, 3.63) is 22.8 Å². The quantitative estimate of drug-likeness (QED) is 0.883. The zero-order valence-corrected chi connectivity index (χ0v) is 10.9. The molecular formula is C12H17N3S. The van der Waals surface area contributed by atoms with Gasteiger partial charge in [0.25, 0.3) is 0 Å². The number of imidazole rings is 1. The summed E-state index contributed by atoms with van der Waals surface area (Å²) in [5, 5.41) is 3.21. The molecule has 1 N–H and O–H groups in total. The second kappa shape index (κ2) is 4.29. The average Bonchev–Trinajstić information content (AvgIpc) is 2.69. The van der Waals surface area contributed by atoms with E-state index in [1.165, 1.54) is 4.88 Å². The minimum atomic E-state index is 0.547. The van der Waals surface area contributed by atoms with Crippen LogP contribution in [0.4, 0.5) is 5.82 Å². The summed E-state index contributed by atoms with van der Waals surface area (Å²) in [5.41, 5.74) is 1.02. The number of thiazole rings is 1. The summed E-state index contributed by atoms with van der Waals surface area (Å²) >= 11 is 1.71. The Kier molecular flexibility index (Phi) is 3.01. The second-order valence-electron chi connectivity index (χ2n) is 4.19. The molecular weight excluding hydrogens is 218 g/mol. The highest BCUT2D eigenvalue weighted by molar-refractivity contribution is 7.17. The van der Waals surface area contributed by atoms with E-state index >= 15 is 0 Å². The lowest BCUT2D eigenvalue weighted by atomic mass is 10.2. The first-order valence-electron chi connectivity index (χ1n) is 5.46. The van der Waals surface area contributed by atoms with E-state index < -0.39 is 0 Å². The van der Waals surface area contributed by atoms with Crippen LogP contribution in [0, 0.1) is 12.8 Å². The molecule has 2 heterocycles. The molecule has 0 fully saturated rings. The summed E-state index contributed by atoms with van der Waals surface area (Å²) in [6.07, 6.45) is 6.37. The van der Waals surface area contributed by atoms with Crippen molar-refractivity contribution in [2.75, 3.05) is 12.4 Å². The number of fused-ring (bicyclic) bond motifs is 1. The van der Waals surface area contributed by atoms with Crippen molar-refractivity contribution in [1.29, 1.82) is 0 Å². The maximum Gasteiger partial charge on any atom is 0.196 e. The fourth-order valence-corrected chi connectivity index (χ4v) is 2.45. The Morgan fingerprint density at radius 2 is 2.25 bits per heavy atom. The predicted molar refractivity (Wildman–Crippen MR) is 71.2 cm³/mol. The van der Waals surface area contributed by atoms with Gasteiger partial charge in [-0.15, -0.1) is 11.3 Å². The van der Waals surface area contributed by atoms with Crippen molar-refractivity contribution < 1.29 is 0 Å². The second-order valence-corrected chi connectivity index (χ2v) is 5.41. The lowest BCUT2D eigenvalue weighted by Crippen LogP contribution is -1.94.